The topological polar surface area (TPSA) is 3.24 Å². The van der Waals surface area contributed by atoms with Crippen LogP contribution in [0.4, 0.5) is 17.1 Å². The number of hydrogen-bond donors (Lipinski definition) is 0. The Morgan fingerprint density at radius 1 is 0.529 bits per heavy atom. The van der Waals surface area contributed by atoms with E-state index in [1.165, 1.54) is 55.6 Å². The molecule has 0 radical (unpaired) electrons. The monoisotopic (exact) mass is 655 g/mol. The highest BCUT2D eigenvalue weighted by atomic mass is 15.1. The van der Waals surface area contributed by atoms with E-state index in [2.05, 4.69) is 212 Å². The fourth-order valence-electron chi connectivity index (χ4n) is 7.96. The first-order chi connectivity index (χ1) is 25.2. The molecule has 7 aromatic carbocycles. The van der Waals surface area contributed by atoms with Gasteiger partial charge in [0.1, 0.15) is 0 Å². The molecule has 1 aliphatic rings. The molecule has 246 valence electrons. The molecule has 0 fully saturated rings. The van der Waals surface area contributed by atoms with Crippen LogP contribution in [0.1, 0.15) is 52.8 Å². The quantitative estimate of drug-likeness (QED) is 0.147. The van der Waals surface area contributed by atoms with Crippen molar-refractivity contribution in [2.75, 3.05) is 4.90 Å². The second kappa shape index (κ2) is 14.0. The number of allylic oxidation sites excluding steroid dienone is 4. The molecule has 0 spiro atoms. The highest BCUT2D eigenvalue weighted by molar-refractivity contribution is 5.81. The zero-order valence-corrected chi connectivity index (χ0v) is 29.2. The molecule has 0 heterocycles. The van der Waals surface area contributed by atoms with Crippen LogP contribution in [0.2, 0.25) is 0 Å². The minimum atomic E-state index is -0.431. The number of rotatable bonds is 8. The molecule has 7 aromatic rings. The molecule has 0 atom stereocenters. The Bertz CT molecular complexity index is 2270. The molecule has 0 unspecified atom stereocenters. The van der Waals surface area contributed by atoms with Crippen LogP contribution in [0.3, 0.4) is 0 Å². The predicted octanol–water partition coefficient (Wildman–Crippen LogP) is 13.1. The van der Waals surface area contributed by atoms with Crippen molar-refractivity contribution in [3.8, 4) is 11.1 Å². The lowest BCUT2D eigenvalue weighted by atomic mass is 9.59. The third-order valence-corrected chi connectivity index (χ3v) is 10.4. The molecular weight excluding hydrogens is 615 g/mol. The number of benzene rings is 7. The predicted molar refractivity (Wildman–Crippen MR) is 216 cm³/mol. The van der Waals surface area contributed by atoms with Gasteiger partial charge >= 0.3 is 0 Å². The smallest absolute Gasteiger partial charge is 0.0707 e. The highest BCUT2D eigenvalue weighted by Crippen LogP contribution is 2.52. The lowest BCUT2D eigenvalue weighted by Gasteiger charge is -2.43. The Balaban J connectivity index is 1.25. The summed E-state index contributed by atoms with van der Waals surface area (Å²) < 4.78 is 0. The highest BCUT2D eigenvalue weighted by Gasteiger charge is 2.44. The molecule has 0 aliphatic heterocycles. The standard InChI is InChI=1S/C50H41N/c1-3-4-17-37(2)38-28-32-44(33-29-38)51(43-23-12-7-13-24-43)45-34-30-39(31-35-45)46-25-16-27-49-47(46)36-40-18-14-15-26-48(40)50(49,41-19-8-5-9-20-41)42-21-10-6-11-22-42/h3-35H,36H2,1-2H3/b4-3-,37-17+. The summed E-state index contributed by atoms with van der Waals surface area (Å²) in [6, 6.07) is 66.7. The maximum atomic E-state index is 2.36. The Morgan fingerprint density at radius 2 is 1.06 bits per heavy atom. The Labute approximate surface area is 302 Å². The van der Waals surface area contributed by atoms with Crippen molar-refractivity contribution in [2.45, 2.75) is 25.7 Å². The second-order valence-electron chi connectivity index (χ2n) is 13.3. The van der Waals surface area contributed by atoms with E-state index in [1.807, 2.05) is 6.92 Å². The van der Waals surface area contributed by atoms with E-state index in [0.29, 0.717) is 0 Å². The van der Waals surface area contributed by atoms with E-state index >= 15 is 0 Å². The fraction of sp³-hybridized carbons (Fsp3) is 0.0800. The van der Waals surface area contributed by atoms with Gasteiger partial charge < -0.3 is 4.90 Å². The van der Waals surface area contributed by atoms with E-state index in [-0.39, 0.29) is 0 Å². The summed E-state index contributed by atoms with van der Waals surface area (Å²) in [6.07, 6.45) is 7.20. The van der Waals surface area contributed by atoms with Crippen LogP contribution in [0, 0.1) is 0 Å². The lowest BCUT2D eigenvalue weighted by Crippen LogP contribution is -2.36. The number of fused-ring (bicyclic) bond motifs is 2. The van der Waals surface area contributed by atoms with Crippen molar-refractivity contribution < 1.29 is 0 Å². The minimum absolute atomic E-state index is 0.431. The molecule has 8 rings (SSSR count). The van der Waals surface area contributed by atoms with Gasteiger partial charge in [0.05, 0.1) is 5.41 Å². The van der Waals surface area contributed by atoms with E-state index in [1.54, 1.807) is 0 Å². The third kappa shape index (κ3) is 5.81. The normalized spacial score (nSPS) is 13.4. The summed E-state index contributed by atoms with van der Waals surface area (Å²) in [4.78, 5) is 2.34. The first-order valence-electron chi connectivity index (χ1n) is 17.9. The average Bonchev–Trinajstić information content (AvgIpc) is 3.20. The van der Waals surface area contributed by atoms with Crippen molar-refractivity contribution in [1.82, 2.24) is 0 Å². The van der Waals surface area contributed by atoms with Crippen molar-refractivity contribution in [1.29, 1.82) is 0 Å². The molecule has 0 saturated heterocycles. The largest absolute Gasteiger partial charge is 0.311 e. The van der Waals surface area contributed by atoms with Gasteiger partial charge in [0, 0.05) is 17.1 Å². The van der Waals surface area contributed by atoms with Crippen LogP contribution in [0.25, 0.3) is 16.7 Å². The van der Waals surface area contributed by atoms with E-state index < -0.39 is 5.41 Å². The van der Waals surface area contributed by atoms with E-state index in [4.69, 9.17) is 0 Å². The zero-order chi connectivity index (χ0) is 34.6. The molecule has 51 heavy (non-hydrogen) atoms. The molecule has 1 aliphatic carbocycles. The molecule has 0 amide bonds. The van der Waals surface area contributed by atoms with Gasteiger partial charge in [-0.05, 0) is 112 Å². The molecule has 0 N–H and O–H groups in total. The summed E-state index contributed by atoms with van der Waals surface area (Å²) in [6.45, 7) is 4.21. The third-order valence-electron chi connectivity index (χ3n) is 10.4. The Hall–Kier alpha value is -6.18. The lowest BCUT2D eigenvalue weighted by molar-refractivity contribution is 0.704. The Morgan fingerprint density at radius 3 is 1.69 bits per heavy atom. The molecule has 0 bridgehead atoms. The van der Waals surface area contributed by atoms with Gasteiger partial charge in [0.15, 0.2) is 0 Å². The molecule has 1 nitrogen and oxygen atoms in total. The summed E-state index contributed by atoms with van der Waals surface area (Å²) in [5.74, 6) is 0. The van der Waals surface area contributed by atoms with Crippen molar-refractivity contribution >= 4 is 22.6 Å². The SMILES string of the molecule is C/C=C\C=C(/C)c1ccc(N(c2ccccc2)c2ccc(-c3cccc4c3Cc3ccccc3C4(c3ccccc3)c3ccccc3)cc2)cc1. The summed E-state index contributed by atoms with van der Waals surface area (Å²) in [5, 5.41) is 0. The van der Waals surface area contributed by atoms with Crippen molar-refractivity contribution in [2.24, 2.45) is 0 Å². The summed E-state index contributed by atoms with van der Waals surface area (Å²) in [7, 11) is 0. The van der Waals surface area contributed by atoms with Gasteiger partial charge in [0.2, 0.25) is 0 Å². The first-order valence-corrected chi connectivity index (χ1v) is 17.9. The maximum Gasteiger partial charge on any atom is 0.0707 e. The van der Waals surface area contributed by atoms with Crippen molar-refractivity contribution in [3.05, 3.63) is 239 Å². The summed E-state index contributed by atoms with van der Waals surface area (Å²) >= 11 is 0. The Kier molecular flexibility index (Phi) is 8.78. The number of para-hydroxylation sites is 1. The van der Waals surface area contributed by atoms with Gasteiger partial charge in [-0.3, -0.25) is 0 Å². The number of hydrogen-bond acceptors (Lipinski definition) is 1. The number of anilines is 3. The van der Waals surface area contributed by atoms with Crippen LogP contribution >= 0.6 is 0 Å². The minimum Gasteiger partial charge on any atom is -0.311 e. The van der Waals surface area contributed by atoms with Gasteiger partial charge in [-0.2, -0.15) is 0 Å². The first kappa shape index (κ1) is 32.0. The summed E-state index contributed by atoms with van der Waals surface area (Å²) in [5.41, 5.74) is 15.9. The van der Waals surface area contributed by atoms with Crippen LogP contribution in [0.5, 0.6) is 0 Å². The van der Waals surface area contributed by atoms with E-state index in [9.17, 15) is 0 Å². The van der Waals surface area contributed by atoms with Crippen LogP contribution in [0.15, 0.2) is 200 Å². The van der Waals surface area contributed by atoms with E-state index in [0.717, 1.165) is 23.5 Å². The second-order valence-corrected chi connectivity index (χ2v) is 13.3. The van der Waals surface area contributed by atoms with Gasteiger partial charge in [-0.15, -0.1) is 0 Å². The fourth-order valence-corrected chi connectivity index (χ4v) is 7.96. The molecule has 1 heteroatoms. The van der Waals surface area contributed by atoms with Gasteiger partial charge in [0.25, 0.3) is 0 Å². The maximum absolute atomic E-state index is 2.36. The molecule has 0 aromatic heterocycles. The molecular formula is C50H41N. The average molecular weight is 656 g/mol. The van der Waals surface area contributed by atoms with Gasteiger partial charge in [-0.1, -0.05) is 164 Å². The van der Waals surface area contributed by atoms with Crippen LogP contribution in [-0.4, -0.2) is 0 Å². The van der Waals surface area contributed by atoms with Crippen LogP contribution < -0.4 is 4.90 Å². The van der Waals surface area contributed by atoms with Crippen molar-refractivity contribution in [3.63, 3.8) is 0 Å². The number of nitrogens with zero attached hydrogens (tertiary/aromatic N) is 1. The van der Waals surface area contributed by atoms with Gasteiger partial charge in [-0.25, -0.2) is 0 Å². The van der Waals surface area contributed by atoms with Crippen LogP contribution in [-0.2, 0) is 11.8 Å². The zero-order valence-electron chi connectivity index (χ0n) is 29.2. The molecule has 0 saturated carbocycles.